The summed E-state index contributed by atoms with van der Waals surface area (Å²) in [5.41, 5.74) is 1.59. The quantitative estimate of drug-likeness (QED) is 0.869. The Hall–Kier alpha value is -1.58. The van der Waals surface area contributed by atoms with Gasteiger partial charge in [-0.3, -0.25) is 0 Å². The second-order valence-corrected chi connectivity index (χ2v) is 5.11. The zero-order valence-corrected chi connectivity index (χ0v) is 12.5. The van der Waals surface area contributed by atoms with Crippen molar-refractivity contribution < 1.29 is 9.13 Å². The first-order chi connectivity index (χ1) is 9.51. The summed E-state index contributed by atoms with van der Waals surface area (Å²) in [4.78, 5) is 0. The number of aryl methyl sites for hydroxylation is 1. The molecular weight excluding hydrogens is 277 g/mol. The number of nitrogens with one attached hydrogen (secondary N) is 1. The number of rotatable bonds is 4. The molecular formula is C16H17ClFNO. The van der Waals surface area contributed by atoms with E-state index in [9.17, 15) is 4.39 Å². The van der Waals surface area contributed by atoms with Crippen LogP contribution in [0.4, 0.5) is 4.39 Å². The Labute approximate surface area is 123 Å². The van der Waals surface area contributed by atoms with Crippen LogP contribution in [0.5, 0.6) is 11.5 Å². The molecule has 0 saturated heterocycles. The van der Waals surface area contributed by atoms with E-state index in [-0.39, 0.29) is 11.9 Å². The van der Waals surface area contributed by atoms with Crippen LogP contribution < -0.4 is 10.1 Å². The van der Waals surface area contributed by atoms with Crippen LogP contribution in [0.1, 0.15) is 24.1 Å². The van der Waals surface area contributed by atoms with Gasteiger partial charge in [0, 0.05) is 17.1 Å². The third-order valence-electron chi connectivity index (χ3n) is 3.25. The molecule has 4 heteroatoms. The highest BCUT2D eigenvalue weighted by Crippen LogP contribution is 2.30. The molecule has 1 N–H and O–H groups in total. The molecule has 2 aromatic carbocycles. The number of hydrogen-bond acceptors (Lipinski definition) is 2. The predicted octanol–water partition coefficient (Wildman–Crippen LogP) is 4.86. The lowest BCUT2D eigenvalue weighted by molar-refractivity contribution is 0.475. The molecule has 0 aromatic heterocycles. The van der Waals surface area contributed by atoms with Crippen molar-refractivity contribution in [3.8, 4) is 11.5 Å². The molecule has 0 aliphatic carbocycles. The monoisotopic (exact) mass is 293 g/mol. The minimum Gasteiger partial charge on any atom is -0.457 e. The fourth-order valence-electron chi connectivity index (χ4n) is 1.85. The summed E-state index contributed by atoms with van der Waals surface area (Å²) in [6, 6.07) is 10.4. The van der Waals surface area contributed by atoms with Crippen molar-refractivity contribution in [3.63, 3.8) is 0 Å². The topological polar surface area (TPSA) is 21.3 Å². The van der Waals surface area contributed by atoms with Gasteiger partial charge >= 0.3 is 0 Å². The lowest BCUT2D eigenvalue weighted by Gasteiger charge is -2.14. The minimum absolute atomic E-state index is 0.161. The van der Waals surface area contributed by atoms with Gasteiger partial charge in [0.1, 0.15) is 17.3 Å². The summed E-state index contributed by atoms with van der Waals surface area (Å²) in [6.45, 7) is 3.74. The van der Waals surface area contributed by atoms with Gasteiger partial charge in [-0.15, -0.1) is 0 Å². The third kappa shape index (κ3) is 3.30. The molecule has 0 spiro atoms. The van der Waals surface area contributed by atoms with E-state index < -0.39 is 0 Å². The fourth-order valence-corrected chi connectivity index (χ4v) is 2.19. The maximum absolute atomic E-state index is 13.5. The van der Waals surface area contributed by atoms with Crippen LogP contribution >= 0.6 is 11.6 Å². The van der Waals surface area contributed by atoms with Gasteiger partial charge in [0.05, 0.1) is 0 Å². The van der Waals surface area contributed by atoms with Gasteiger partial charge in [-0.05, 0) is 50.2 Å². The molecule has 1 atom stereocenters. The Balaban J connectivity index is 2.22. The second-order valence-electron chi connectivity index (χ2n) is 4.71. The van der Waals surface area contributed by atoms with E-state index in [2.05, 4.69) is 5.32 Å². The zero-order valence-electron chi connectivity index (χ0n) is 11.7. The average Bonchev–Trinajstić information content (AvgIpc) is 2.42. The zero-order chi connectivity index (χ0) is 14.7. The molecule has 0 radical (unpaired) electrons. The van der Waals surface area contributed by atoms with Crippen molar-refractivity contribution in [2.24, 2.45) is 0 Å². The third-order valence-corrected chi connectivity index (χ3v) is 3.58. The van der Waals surface area contributed by atoms with Crippen LogP contribution in [-0.2, 0) is 0 Å². The Bertz CT molecular complexity index is 615. The van der Waals surface area contributed by atoms with E-state index in [0.29, 0.717) is 22.1 Å². The van der Waals surface area contributed by atoms with Crippen LogP contribution in [0.2, 0.25) is 5.02 Å². The van der Waals surface area contributed by atoms with Crippen LogP contribution in [0.25, 0.3) is 0 Å². The maximum Gasteiger partial charge on any atom is 0.130 e. The summed E-state index contributed by atoms with van der Waals surface area (Å²) in [7, 11) is 1.88. The van der Waals surface area contributed by atoms with E-state index in [0.717, 1.165) is 5.56 Å². The van der Waals surface area contributed by atoms with Gasteiger partial charge in [0.15, 0.2) is 0 Å². The van der Waals surface area contributed by atoms with E-state index in [1.807, 2.05) is 26.1 Å². The van der Waals surface area contributed by atoms with Crippen molar-refractivity contribution in [1.29, 1.82) is 0 Å². The largest absolute Gasteiger partial charge is 0.457 e. The average molecular weight is 294 g/mol. The molecule has 2 aromatic rings. The van der Waals surface area contributed by atoms with Gasteiger partial charge in [-0.2, -0.15) is 0 Å². The van der Waals surface area contributed by atoms with E-state index in [4.69, 9.17) is 16.3 Å². The number of halogens is 2. The highest BCUT2D eigenvalue weighted by atomic mass is 35.5. The lowest BCUT2D eigenvalue weighted by atomic mass is 10.1. The molecule has 0 aliphatic rings. The lowest BCUT2D eigenvalue weighted by Crippen LogP contribution is -2.12. The van der Waals surface area contributed by atoms with E-state index >= 15 is 0 Å². The van der Waals surface area contributed by atoms with Crippen molar-refractivity contribution >= 4 is 11.6 Å². The van der Waals surface area contributed by atoms with Crippen LogP contribution in [0, 0.1) is 12.7 Å². The van der Waals surface area contributed by atoms with E-state index in [1.54, 1.807) is 25.1 Å². The standard InChI is InChI=1S/C16H17ClFNO/c1-10-4-5-13(9-16(10)18)20-12-6-7-14(11(2)19-3)15(17)8-12/h4-9,11,19H,1-3H3. The first-order valence-electron chi connectivity index (χ1n) is 6.42. The SMILES string of the molecule is CNC(C)c1ccc(Oc2ccc(C)c(F)c2)cc1Cl. The normalized spacial score (nSPS) is 12.2. The van der Waals surface area contributed by atoms with Crippen molar-refractivity contribution in [1.82, 2.24) is 5.32 Å². The van der Waals surface area contributed by atoms with Gasteiger partial charge < -0.3 is 10.1 Å². The first-order valence-corrected chi connectivity index (χ1v) is 6.79. The fraction of sp³-hybridized carbons (Fsp3) is 0.250. The molecule has 2 nitrogen and oxygen atoms in total. The highest BCUT2D eigenvalue weighted by molar-refractivity contribution is 6.31. The summed E-state index contributed by atoms with van der Waals surface area (Å²) >= 11 is 6.23. The first kappa shape index (κ1) is 14.8. The van der Waals surface area contributed by atoms with Gasteiger partial charge in [-0.1, -0.05) is 23.7 Å². The second kappa shape index (κ2) is 6.25. The predicted molar refractivity (Wildman–Crippen MR) is 80.1 cm³/mol. The van der Waals surface area contributed by atoms with Gasteiger partial charge in [0.25, 0.3) is 0 Å². The Morgan fingerprint density at radius 1 is 1.15 bits per heavy atom. The highest BCUT2D eigenvalue weighted by Gasteiger charge is 2.09. The minimum atomic E-state index is -0.283. The Morgan fingerprint density at radius 3 is 2.40 bits per heavy atom. The molecule has 0 bridgehead atoms. The molecule has 0 amide bonds. The molecule has 0 fully saturated rings. The maximum atomic E-state index is 13.5. The molecule has 2 rings (SSSR count). The number of benzene rings is 2. The Morgan fingerprint density at radius 2 is 1.80 bits per heavy atom. The molecule has 20 heavy (non-hydrogen) atoms. The summed E-state index contributed by atoms with van der Waals surface area (Å²) in [6.07, 6.45) is 0. The molecule has 0 aliphatic heterocycles. The molecule has 0 heterocycles. The van der Waals surface area contributed by atoms with Gasteiger partial charge in [-0.25, -0.2) is 4.39 Å². The smallest absolute Gasteiger partial charge is 0.130 e. The van der Waals surface area contributed by atoms with E-state index in [1.165, 1.54) is 6.07 Å². The van der Waals surface area contributed by atoms with Crippen molar-refractivity contribution in [2.45, 2.75) is 19.9 Å². The molecule has 0 saturated carbocycles. The summed E-state index contributed by atoms with van der Waals surface area (Å²) in [5.74, 6) is 0.762. The van der Waals surface area contributed by atoms with Crippen LogP contribution in [0.15, 0.2) is 36.4 Å². The molecule has 1 unspecified atom stereocenters. The number of ether oxygens (including phenoxy) is 1. The summed E-state index contributed by atoms with van der Waals surface area (Å²) < 4.78 is 19.1. The van der Waals surface area contributed by atoms with Crippen molar-refractivity contribution in [2.75, 3.05) is 7.05 Å². The van der Waals surface area contributed by atoms with Crippen molar-refractivity contribution in [3.05, 3.63) is 58.4 Å². The van der Waals surface area contributed by atoms with Gasteiger partial charge in [0.2, 0.25) is 0 Å². The number of hydrogen-bond donors (Lipinski definition) is 1. The molecule has 106 valence electrons. The van der Waals surface area contributed by atoms with Crippen LogP contribution in [-0.4, -0.2) is 7.05 Å². The Kier molecular flexibility index (Phi) is 4.63. The van der Waals surface area contributed by atoms with Crippen LogP contribution in [0.3, 0.4) is 0 Å². The summed E-state index contributed by atoms with van der Waals surface area (Å²) in [5, 5.41) is 3.75.